The second kappa shape index (κ2) is 6.64. The largest absolute Gasteiger partial charge is 0.479 e. The van der Waals surface area contributed by atoms with E-state index in [-0.39, 0.29) is 10.7 Å². The summed E-state index contributed by atoms with van der Waals surface area (Å²) in [5.41, 5.74) is -1.30. The quantitative estimate of drug-likeness (QED) is 0.679. The van der Waals surface area contributed by atoms with E-state index < -0.39 is 36.4 Å². The summed E-state index contributed by atoms with van der Waals surface area (Å²) in [4.78, 5) is 21.7. The lowest BCUT2D eigenvalue weighted by molar-refractivity contribution is -0.146. The maximum Gasteiger partial charge on any atom is 0.416 e. The Morgan fingerprint density at radius 3 is 2.48 bits per heavy atom. The molecule has 0 aliphatic rings. The third kappa shape index (κ3) is 5.12. The monoisotopic (exact) mass is 326 g/mol. The molecule has 0 fully saturated rings. The second-order valence-electron chi connectivity index (χ2n) is 3.88. The van der Waals surface area contributed by atoms with E-state index in [1.165, 1.54) is 0 Å². The number of carbonyl (C=O) groups is 2. The highest BCUT2D eigenvalue weighted by molar-refractivity contribution is 6.33. The van der Waals surface area contributed by atoms with Gasteiger partial charge in [0.05, 0.1) is 22.8 Å². The minimum Gasteiger partial charge on any atom is -0.479 e. The van der Waals surface area contributed by atoms with Gasteiger partial charge in [-0.1, -0.05) is 11.6 Å². The molecule has 0 aromatic heterocycles. The van der Waals surface area contributed by atoms with E-state index in [0.717, 1.165) is 12.1 Å². The maximum absolute atomic E-state index is 12.5. The fourth-order valence-electron chi connectivity index (χ4n) is 1.24. The van der Waals surface area contributed by atoms with Crippen molar-refractivity contribution in [1.29, 1.82) is 0 Å². The molecular formula is C11H10ClF3N2O4. The summed E-state index contributed by atoms with van der Waals surface area (Å²) in [6.07, 6.45) is -6.43. The molecule has 0 bridgehead atoms. The predicted octanol–water partition coefficient (Wildman–Crippen LogP) is 1.93. The third-order valence-corrected chi connectivity index (χ3v) is 2.61. The number of aliphatic carboxylic acids is 1. The number of nitrogens with one attached hydrogen (secondary N) is 2. The Balaban J connectivity index is 2.74. The van der Waals surface area contributed by atoms with Crippen LogP contribution in [-0.4, -0.2) is 34.9 Å². The molecule has 116 valence electrons. The molecule has 1 rings (SSSR count). The van der Waals surface area contributed by atoms with Gasteiger partial charge in [0, 0.05) is 0 Å². The van der Waals surface area contributed by atoms with Crippen LogP contribution in [0.25, 0.3) is 0 Å². The normalized spacial score (nSPS) is 12.6. The van der Waals surface area contributed by atoms with Crippen molar-refractivity contribution in [2.75, 3.05) is 11.9 Å². The molecule has 6 nitrogen and oxygen atoms in total. The number of benzene rings is 1. The van der Waals surface area contributed by atoms with Crippen LogP contribution < -0.4 is 10.6 Å². The van der Waals surface area contributed by atoms with Gasteiger partial charge in [-0.05, 0) is 18.2 Å². The van der Waals surface area contributed by atoms with E-state index in [1.54, 1.807) is 0 Å². The number of anilines is 1. The molecular weight excluding hydrogens is 317 g/mol. The number of carbonyl (C=O) groups excluding carboxylic acids is 1. The minimum absolute atomic E-state index is 0.128. The van der Waals surface area contributed by atoms with Crippen LogP contribution in [-0.2, 0) is 11.0 Å². The van der Waals surface area contributed by atoms with Gasteiger partial charge in [0.25, 0.3) is 0 Å². The van der Waals surface area contributed by atoms with Crippen molar-refractivity contribution in [2.45, 2.75) is 12.3 Å². The van der Waals surface area contributed by atoms with Crippen LogP contribution in [0.15, 0.2) is 18.2 Å². The number of aliphatic hydroxyl groups excluding tert-OH is 1. The van der Waals surface area contributed by atoms with Crippen LogP contribution in [0.3, 0.4) is 0 Å². The predicted molar refractivity (Wildman–Crippen MR) is 67.1 cm³/mol. The first-order valence-electron chi connectivity index (χ1n) is 5.43. The molecule has 1 aromatic carbocycles. The molecule has 0 radical (unpaired) electrons. The molecule has 0 aliphatic carbocycles. The number of hydrogen-bond acceptors (Lipinski definition) is 3. The molecule has 4 N–H and O–H groups in total. The zero-order valence-corrected chi connectivity index (χ0v) is 11.0. The lowest BCUT2D eigenvalue weighted by atomic mass is 10.2. The van der Waals surface area contributed by atoms with Gasteiger partial charge in [0.15, 0.2) is 6.10 Å². The standard InChI is InChI=1S/C11H10ClF3N2O4/c12-6-2-1-5(11(13,14)15)3-7(6)17-10(21)16-4-8(18)9(19)20/h1-3,8,18H,4H2,(H,19,20)(H2,16,17,21)/t8-/m0/s1. The van der Waals surface area contributed by atoms with Gasteiger partial charge in [0.2, 0.25) is 0 Å². The molecule has 0 saturated carbocycles. The maximum atomic E-state index is 12.5. The van der Waals surface area contributed by atoms with Gasteiger partial charge < -0.3 is 20.8 Å². The van der Waals surface area contributed by atoms with E-state index in [9.17, 15) is 22.8 Å². The average Bonchev–Trinajstić information content (AvgIpc) is 2.37. The van der Waals surface area contributed by atoms with E-state index >= 15 is 0 Å². The van der Waals surface area contributed by atoms with Crippen LogP contribution in [0.1, 0.15) is 5.56 Å². The Labute approximate surface area is 121 Å². The Kier molecular flexibility index (Phi) is 5.39. The first kappa shape index (κ1) is 17.1. The number of urea groups is 1. The van der Waals surface area contributed by atoms with Gasteiger partial charge >= 0.3 is 18.2 Å². The topological polar surface area (TPSA) is 98.7 Å². The number of hydrogen-bond donors (Lipinski definition) is 4. The fourth-order valence-corrected chi connectivity index (χ4v) is 1.41. The summed E-state index contributed by atoms with van der Waals surface area (Å²) < 4.78 is 37.5. The van der Waals surface area contributed by atoms with Gasteiger partial charge in [-0.2, -0.15) is 13.2 Å². The number of carboxylic acids is 1. The lowest BCUT2D eigenvalue weighted by Crippen LogP contribution is -2.38. The SMILES string of the molecule is O=C(NC[C@H](O)C(=O)O)Nc1cc(C(F)(F)F)ccc1Cl. The number of aliphatic hydroxyl groups is 1. The molecule has 0 unspecified atom stereocenters. The molecule has 1 aromatic rings. The molecule has 0 saturated heterocycles. The summed E-state index contributed by atoms with van der Waals surface area (Å²) in [6, 6.07) is 1.35. The highest BCUT2D eigenvalue weighted by Crippen LogP contribution is 2.33. The number of carboxylic acid groups (broad SMARTS) is 1. The van der Waals surface area contributed by atoms with Crippen molar-refractivity contribution in [1.82, 2.24) is 5.32 Å². The van der Waals surface area contributed by atoms with Crippen molar-refractivity contribution in [3.8, 4) is 0 Å². The van der Waals surface area contributed by atoms with Crippen molar-refractivity contribution >= 4 is 29.3 Å². The summed E-state index contributed by atoms with van der Waals surface area (Å²) in [5.74, 6) is -1.55. The zero-order valence-electron chi connectivity index (χ0n) is 10.2. The number of amides is 2. The van der Waals surface area contributed by atoms with Crippen LogP contribution in [0, 0.1) is 0 Å². The first-order chi connectivity index (χ1) is 9.61. The first-order valence-corrected chi connectivity index (χ1v) is 5.81. The average molecular weight is 327 g/mol. The van der Waals surface area contributed by atoms with Crippen LogP contribution >= 0.6 is 11.6 Å². The minimum atomic E-state index is -4.60. The van der Waals surface area contributed by atoms with E-state index in [1.807, 2.05) is 10.6 Å². The molecule has 1 atom stereocenters. The van der Waals surface area contributed by atoms with E-state index in [0.29, 0.717) is 6.07 Å². The Hall–Kier alpha value is -2.00. The van der Waals surface area contributed by atoms with Gasteiger partial charge in [0.1, 0.15) is 0 Å². The highest BCUT2D eigenvalue weighted by Gasteiger charge is 2.31. The molecule has 0 heterocycles. The highest BCUT2D eigenvalue weighted by atomic mass is 35.5. The zero-order chi connectivity index (χ0) is 16.2. The lowest BCUT2D eigenvalue weighted by Gasteiger charge is -2.13. The summed E-state index contributed by atoms with van der Waals surface area (Å²) in [5, 5.41) is 21.2. The Morgan fingerprint density at radius 1 is 1.33 bits per heavy atom. The van der Waals surface area contributed by atoms with Crippen LogP contribution in [0.2, 0.25) is 5.02 Å². The Morgan fingerprint density at radius 2 is 1.95 bits per heavy atom. The van der Waals surface area contributed by atoms with Crippen molar-refractivity contribution in [3.63, 3.8) is 0 Å². The van der Waals surface area contributed by atoms with Gasteiger partial charge in [-0.3, -0.25) is 0 Å². The van der Waals surface area contributed by atoms with Crippen molar-refractivity contribution in [3.05, 3.63) is 28.8 Å². The summed E-state index contributed by atoms with van der Waals surface area (Å²) in [7, 11) is 0. The second-order valence-corrected chi connectivity index (χ2v) is 4.29. The molecule has 0 aliphatic heterocycles. The molecule has 2 amide bonds. The Bertz CT molecular complexity index is 551. The number of rotatable bonds is 4. The third-order valence-electron chi connectivity index (χ3n) is 2.28. The molecule has 10 heteroatoms. The van der Waals surface area contributed by atoms with Crippen LogP contribution in [0.4, 0.5) is 23.7 Å². The van der Waals surface area contributed by atoms with Gasteiger partial charge in [-0.15, -0.1) is 0 Å². The van der Waals surface area contributed by atoms with Gasteiger partial charge in [-0.25, -0.2) is 9.59 Å². The van der Waals surface area contributed by atoms with Crippen LogP contribution in [0.5, 0.6) is 0 Å². The molecule has 21 heavy (non-hydrogen) atoms. The van der Waals surface area contributed by atoms with Crippen molar-refractivity contribution in [2.24, 2.45) is 0 Å². The molecule has 0 spiro atoms. The summed E-state index contributed by atoms with van der Waals surface area (Å²) in [6.45, 7) is -0.613. The smallest absolute Gasteiger partial charge is 0.416 e. The van der Waals surface area contributed by atoms with Crippen molar-refractivity contribution < 1.29 is 33.0 Å². The summed E-state index contributed by atoms with van der Waals surface area (Å²) >= 11 is 5.65. The van der Waals surface area contributed by atoms with E-state index in [2.05, 4.69) is 0 Å². The number of alkyl halides is 3. The fraction of sp³-hybridized carbons (Fsp3) is 0.273. The van der Waals surface area contributed by atoms with E-state index in [4.69, 9.17) is 21.8 Å². The number of halogens is 4.